The van der Waals surface area contributed by atoms with E-state index in [0.29, 0.717) is 6.61 Å². The molecule has 0 saturated carbocycles. The van der Waals surface area contributed by atoms with Gasteiger partial charge < -0.3 is 4.74 Å². The summed E-state index contributed by atoms with van der Waals surface area (Å²) in [5, 5.41) is 0. The summed E-state index contributed by atoms with van der Waals surface area (Å²) in [5.41, 5.74) is 2.43. The van der Waals surface area contributed by atoms with Crippen LogP contribution in [-0.4, -0.2) is 28.5 Å². The van der Waals surface area contributed by atoms with Crippen LogP contribution in [0.1, 0.15) is 38.2 Å². The van der Waals surface area contributed by atoms with E-state index in [9.17, 15) is 4.79 Å². The Morgan fingerprint density at radius 1 is 1.09 bits per heavy atom. The summed E-state index contributed by atoms with van der Waals surface area (Å²) in [6.07, 6.45) is 5.55. The minimum atomic E-state index is -0.182. The summed E-state index contributed by atoms with van der Waals surface area (Å²) in [7, 11) is 0. The second-order valence-corrected chi connectivity index (χ2v) is 7.67. The molecular weight excluding hydrogens is 314 g/mol. The van der Waals surface area contributed by atoms with Crippen molar-refractivity contribution >= 4 is 39.6 Å². The van der Waals surface area contributed by atoms with Crippen molar-refractivity contribution < 1.29 is 9.53 Å². The van der Waals surface area contributed by atoms with Crippen LogP contribution in [0.3, 0.4) is 0 Å². The van der Waals surface area contributed by atoms with E-state index >= 15 is 0 Å². The number of nitrogens with zero attached hydrogens (tertiary/aromatic N) is 1. The summed E-state index contributed by atoms with van der Waals surface area (Å²) >= 11 is 3.70. The van der Waals surface area contributed by atoms with E-state index in [1.54, 1.807) is 0 Å². The van der Waals surface area contributed by atoms with E-state index < -0.39 is 0 Å². The van der Waals surface area contributed by atoms with Crippen LogP contribution in [0.25, 0.3) is 0 Å². The molecule has 3 nitrogen and oxygen atoms in total. The lowest BCUT2D eigenvalue weighted by molar-refractivity contribution is -0.141. The summed E-state index contributed by atoms with van der Waals surface area (Å²) in [4.78, 5) is 15.3. The van der Waals surface area contributed by atoms with Crippen LogP contribution in [0.2, 0.25) is 0 Å². The average Bonchev–Trinajstić information content (AvgIpc) is 3.00. The summed E-state index contributed by atoms with van der Waals surface area (Å²) in [6, 6.07) is 8.59. The largest absolute Gasteiger partial charge is 0.466 e. The van der Waals surface area contributed by atoms with Crippen LogP contribution in [0, 0.1) is 0 Å². The number of ether oxygens (including phenoxy) is 1. The fourth-order valence-corrected chi connectivity index (χ4v) is 4.40. The molecule has 0 radical (unpaired) electrons. The number of esters is 1. The third-order valence-electron chi connectivity index (χ3n) is 3.36. The second-order valence-electron chi connectivity index (χ2n) is 5.25. The van der Waals surface area contributed by atoms with Crippen LogP contribution < -0.4 is 0 Å². The Morgan fingerprint density at radius 3 is 2.45 bits per heavy atom. The van der Waals surface area contributed by atoms with E-state index in [-0.39, 0.29) is 5.97 Å². The van der Waals surface area contributed by atoms with E-state index in [0.717, 1.165) is 24.9 Å². The highest BCUT2D eigenvalue weighted by Gasteiger charge is 2.09. The maximum Gasteiger partial charge on any atom is 0.302 e. The molecule has 22 heavy (non-hydrogen) atoms. The molecular formula is C17H23NO2S2. The Hall–Kier alpha value is -0.940. The topological polar surface area (TPSA) is 38.7 Å². The fraction of sp³-hybridized carbons (Fsp3) is 0.529. The van der Waals surface area contributed by atoms with Gasteiger partial charge in [-0.3, -0.25) is 4.79 Å². The average molecular weight is 338 g/mol. The molecule has 0 bridgehead atoms. The van der Waals surface area contributed by atoms with Gasteiger partial charge in [0.05, 0.1) is 12.3 Å². The Kier molecular flexibility index (Phi) is 7.88. The molecule has 1 aromatic rings. The molecule has 5 heteroatoms. The number of carbonyl (C=O) groups is 1. The monoisotopic (exact) mass is 337 g/mol. The SMILES string of the molecule is CC(=O)OCCCCCCc1ccc(N=C2SCCS2)cc1. The van der Waals surface area contributed by atoms with Gasteiger partial charge in [0.1, 0.15) is 4.38 Å². The molecule has 0 aliphatic carbocycles. The van der Waals surface area contributed by atoms with Gasteiger partial charge in [-0.05, 0) is 37.0 Å². The first-order valence-electron chi connectivity index (χ1n) is 7.80. The number of unbranched alkanes of at least 4 members (excludes halogenated alkanes) is 3. The van der Waals surface area contributed by atoms with Crippen molar-refractivity contribution in [3.05, 3.63) is 29.8 Å². The molecule has 0 atom stereocenters. The number of hydrogen-bond acceptors (Lipinski definition) is 5. The van der Waals surface area contributed by atoms with Crippen molar-refractivity contribution in [3.63, 3.8) is 0 Å². The van der Waals surface area contributed by atoms with Crippen LogP contribution >= 0.6 is 23.5 Å². The summed E-state index contributed by atoms with van der Waals surface area (Å²) in [5.74, 6) is 2.18. The van der Waals surface area contributed by atoms with Gasteiger partial charge in [-0.15, -0.1) is 0 Å². The van der Waals surface area contributed by atoms with Gasteiger partial charge in [0.25, 0.3) is 0 Å². The molecule has 1 fully saturated rings. The molecule has 1 aromatic carbocycles. The van der Waals surface area contributed by atoms with Gasteiger partial charge in [0.15, 0.2) is 0 Å². The number of hydrogen-bond donors (Lipinski definition) is 0. The Bertz CT molecular complexity index is 492. The molecule has 120 valence electrons. The molecule has 0 spiro atoms. The van der Waals surface area contributed by atoms with E-state index in [2.05, 4.69) is 29.3 Å². The zero-order valence-electron chi connectivity index (χ0n) is 13.0. The van der Waals surface area contributed by atoms with Crippen molar-refractivity contribution in [1.29, 1.82) is 0 Å². The van der Waals surface area contributed by atoms with E-state index in [1.807, 2.05) is 23.5 Å². The standard InChI is InChI=1S/C17H23NO2S2/c1-14(19)20-11-5-3-2-4-6-15-7-9-16(10-8-15)18-17-21-12-13-22-17/h7-10H,2-6,11-13H2,1H3. The van der Waals surface area contributed by atoms with Crippen molar-refractivity contribution in [3.8, 4) is 0 Å². The molecule has 0 amide bonds. The Morgan fingerprint density at radius 2 is 1.77 bits per heavy atom. The molecule has 2 rings (SSSR count). The molecule has 1 saturated heterocycles. The lowest BCUT2D eigenvalue weighted by atomic mass is 10.1. The first-order valence-corrected chi connectivity index (χ1v) is 9.78. The van der Waals surface area contributed by atoms with Gasteiger partial charge in [0, 0.05) is 18.4 Å². The zero-order chi connectivity index (χ0) is 15.6. The molecule has 0 unspecified atom stereocenters. The van der Waals surface area contributed by atoms with Crippen molar-refractivity contribution in [2.24, 2.45) is 4.99 Å². The smallest absolute Gasteiger partial charge is 0.302 e. The summed E-state index contributed by atoms with van der Waals surface area (Å²) in [6.45, 7) is 2.01. The van der Waals surface area contributed by atoms with Crippen LogP contribution in [0.5, 0.6) is 0 Å². The fourth-order valence-electron chi connectivity index (χ4n) is 2.21. The van der Waals surface area contributed by atoms with Gasteiger partial charge >= 0.3 is 5.97 Å². The first kappa shape index (κ1) is 17.4. The number of thioether (sulfide) groups is 2. The maximum absolute atomic E-state index is 10.6. The highest BCUT2D eigenvalue weighted by molar-refractivity contribution is 8.41. The molecule has 1 aliphatic heterocycles. The second kappa shape index (κ2) is 9.95. The van der Waals surface area contributed by atoms with Crippen LogP contribution in [0.15, 0.2) is 29.3 Å². The van der Waals surface area contributed by atoms with Crippen molar-refractivity contribution in [1.82, 2.24) is 0 Å². The molecule has 1 aliphatic rings. The minimum absolute atomic E-state index is 0.182. The van der Waals surface area contributed by atoms with E-state index in [4.69, 9.17) is 4.74 Å². The number of carbonyl (C=O) groups excluding carboxylic acids is 1. The quantitative estimate of drug-likeness (QED) is 0.503. The first-order chi connectivity index (χ1) is 10.7. The van der Waals surface area contributed by atoms with Gasteiger partial charge in [-0.25, -0.2) is 4.99 Å². The molecule has 0 aromatic heterocycles. The molecule has 1 heterocycles. The van der Waals surface area contributed by atoms with Gasteiger partial charge in [-0.1, -0.05) is 48.5 Å². The van der Waals surface area contributed by atoms with Crippen molar-refractivity contribution in [2.45, 2.75) is 39.0 Å². The van der Waals surface area contributed by atoms with Crippen LogP contribution in [0.4, 0.5) is 5.69 Å². The lowest BCUT2D eigenvalue weighted by Crippen LogP contribution is -2.00. The van der Waals surface area contributed by atoms with Gasteiger partial charge in [-0.2, -0.15) is 0 Å². The predicted octanol–water partition coefficient (Wildman–Crippen LogP) is 4.82. The normalized spacial score (nSPS) is 14.1. The number of rotatable bonds is 8. The summed E-state index contributed by atoms with van der Waals surface area (Å²) < 4.78 is 6.11. The highest BCUT2D eigenvalue weighted by Crippen LogP contribution is 2.29. The number of aliphatic imine (C=N–C) groups is 1. The Balaban J connectivity index is 1.62. The number of benzene rings is 1. The molecule has 0 N–H and O–H groups in total. The van der Waals surface area contributed by atoms with E-state index in [1.165, 1.54) is 41.2 Å². The minimum Gasteiger partial charge on any atom is -0.466 e. The zero-order valence-corrected chi connectivity index (χ0v) is 14.7. The van der Waals surface area contributed by atoms with Gasteiger partial charge in [0.2, 0.25) is 0 Å². The third kappa shape index (κ3) is 6.88. The third-order valence-corrected chi connectivity index (χ3v) is 5.81. The predicted molar refractivity (Wildman–Crippen MR) is 97.3 cm³/mol. The number of aryl methyl sites for hydroxylation is 1. The lowest BCUT2D eigenvalue weighted by Gasteiger charge is -2.04. The van der Waals surface area contributed by atoms with Crippen LogP contribution in [-0.2, 0) is 16.0 Å². The highest BCUT2D eigenvalue weighted by atomic mass is 32.2. The Labute approximate surface area is 141 Å². The maximum atomic E-state index is 10.6. The van der Waals surface area contributed by atoms with Crippen molar-refractivity contribution in [2.75, 3.05) is 18.1 Å².